The Kier molecular flexibility index (Phi) is 5.50. The molecule has 0 aliphatic carbocycles. The molecule has 130 valence electrons. The summed E-state index contributed by atoms with van der Waals surface area (Å²) in [5.74, 6) is 0.146. The Hall–Kier alpha value is -2.48. The number of hydrogen-bond acceptors (Lipinski definition) is 3. The van der Waals surface area contributed by atoms with E-state index in [0.717, 1.165) is 17.9 Å². The van der Waals surface area contributed by atoms with Crippen molar-refractivity contribution in [1.82, 2.24) is 0 Å². The van der Waals surface area contributed by atoms with Gasteiger partial charge in [0.05, 0.1) is 6.26 Å². The molecule has 0 fully saturated rings. The first kappa shape index (κ1) is 17.9. The quantitative estimate of drug-likeness (QED) is 0.847. The number of halogens is 3. The first-order valence-electron chi connectivity index (χ1n) is 7.29. The van der Waals surface area contributed by atoms with Crippen LogP contribution in [0.5, 0.6) is 5.75 Å². The van der Waals surface area contributed by atoms with Crippen molar-refractivity contribution in [1.29, 1.82) is 0 Å². The van der Waals surface area contributed by atoms with Crippen LogP contribution in [0.3, 0.4) is 0 Å². The number of amides is 1. The molecule has 3 N–H and O–H groups in total. The standard InChI is InChI=1S/C16H17F3N2O3/c1-10(14-4-3-9-23-14)20-11(2)15(22)21-12-5-7-13(8-6-12)24-16(17,18)19/h3-11,20H,1-2H3,(H,21,22)/p+1/t10-,11-/m0/s1. The third-order valence-corrected chi connectivity index (χ3v) is 3.34. The molecule has 0 radical (unpaired) electrons. The molecule has 1 amide bonds. The third-order valence-electron chi connectivity index (χ3n) is 3.34. The van der Waals surface area contributed by atoms with Gasteiger partial charge in [0.1, 0.15) is 11.8 Å². The van der Waals surface area contributed by atoms with Crippen LogP contribution in [0.4, 0.5) is 18.9 Å². The predicted molar refractivity (Wildman–Crippen MR) is 80.3 cm³/mol. The van der Waals surface area contributed by atoms with Crippen LogP contribution in [0.1, 0.15) is 25.6 Å². The fourth-order valence-electron chi connectivity index (χ4n) is 2.16. The number of carbonyl (C=O) groups is 1. The summed E-state index contributed by atoms with van der Waals surface area (Å²) in [7, 11) is 0. The molecular weight excluding hydrogens is 325 g/mol. The molecule has 0 saturated carbocycles. The number of benzene rings is 1. The normalized spacial score (nSPS) is 14.0. The summed E-state index contributed by atoms with van der Waals surface area (Å²) in [4.78, 5) is 12.1. The highest BCUT2D eigenvalue weighted by Gasteiger charge is 2.31. The monoisotopic (exact) mass is 343 g/mol. The minimum atomic E-state index is -4.74. The van der Waals surface area contributed by atoms with Crippen LogP contribution in [0.15, 0.2) is 47.1 Å². The number of nitrogens with two attached hydrogens (primary N) is 1. The van der Waals surface area contributed by atoms with Crippen LogP contribution in [0.2, 0.25) is 0 Å². The highest BCUT2D eigenvalue weighted by molar-refractivity contribution is 5.93. The van der Waals surface area contributed by atoms with Crippen molar-refractivity contribution in [3.63, 3.8) is 0 Å². The molecule has 2 atom stereocenters. The fourth-order valence-corrected chi connectivity index (χ4v) is 2.16. The van der Waals surface area contributed by atoms with Crippen LogP contribution >= 0.6 is 0 Å². The average Bonchev–Trinajstić information content (AvgIpc) is 3.02. The number of anilines is 1. The van der Waals surface area contributed by atoms with Crippen molar-refractivity contribution in [2.24, 2.45) is 0 Å². The molecule has 8 heteroatoms. The molecule has 0 saturated heterocycles. The zero-order chi connectivity index (χ0) is 17.7. The highest BCUT2D eigenvalue weighted by Crippen LogP contribution is 2.23. The van der Waals surface area contributed by atoms with Gasteiger partial charge in [0.25, 0.3) is 5.91 Å². The van der Waals surface area contributed by atoms with Crippen LogP contribution in [-0.2, 0) is 4.79 Å². The van der Waals surface area contributed by atoms with Gasteiger partial charge in [-0.15, -0.1) is 13.2 Å². The van der Waals surface area contributed by atoms with Gasteiger partial charge in [0.15, 0.2) is 11.8 Å². The second-order valence-corrected chi connectivity index (χ2v) is 5.35. The molecule has 1 aromatic heterocycles. The minimum absolute atomic E-state index is 0.0386. The lowest BCUT2D eigenvalue weighted by molar-refractivity contribution is -0.711. The summed E-state index contributed by atoms with van der Waals surface area (Å²) in [5.41, 5.74) is 0.389. The average molecular weight is 343 g/mol. The Labute approximate surface area is 136 Å². The maximum Gasteiger partial charge on any atom is 0.573 e. The van der Waals surface area contributed by atoms with E-state index in [1.54, 1.807) is 19.3 Å². The molecule has 0 spiro atoms. The van der Waals surface area contributed by atoms with Gasteiger partial charge in [-0.25, -0.2) is 0 Å². The second kappa shape index (κ2) is 7.39. The number of hydrogen-bond donors (Lipinski definition) is 2. The van der Waals surface area contributed by atoms with Gasteiger partial charge in [-0.2, -0.15) is 0 Å². The molecule has 5 nitrogen and oxygen atoms in total. The zero-order valence-corrected chi connectivity index (χ0v) is 13.1. The number of carbonyl (C=O) groups excluding carboxylic acids is 1. The molecule has 0 aliphatic rings. The van der Waals surface area contributed by atoms with Gasteiger partial charge in [-0.1, -0.05) is 0 Å². The van der Waals surface area contributed by atoms with E-state index < -0.39 is 12.4 Å². The number of ether oxygens (including phenoxy) is 1. The Morgan fingerprint density at radius 1 is 1.21 bits per heavy atom. The van der Waals surface area contributed by atoms with Crippen LogP contribution in [0.25, 0.3) is 0 Å². The lowest BCUT2D eigenvalue weighted by atomic mass is 10.2. The van der Waals surface area contributed by atoms with E-state index in [2.05, 4.69) is 10.1 Å². The Balaban J connectivity index is 1.89. The molecule has 24 heavy (non-hydrogen) atoms. The SMILES string of the molecule is C[C@H]([NH2+][C@@H](C)c1ccco1)C(=O)Nc1ccc(OC(F)(F)F)cc1. The van der Waals surface area contributed by atoms with Crippen molar-refractivity contribution in [3.05, 3.63) is 48.4 Å². The molecule has 2 aromatic rings. The van der Waals surface area contributed by atoms with E-state index in [9.17, 15) is 18.0 Å². The summed E-state index contributed by atoms with van der Waals surface area (Å²) in [6, 6.07) is 8.13. The molecule has 1 heterocycles. The predicted octanol–water partition coefficient (Wildman–Crippen LogP) is 2.83. The van der Waals surface area contributed by atoms with Crippen molar-refractivity contribution in [2.75, 3.05) is 5.32 Å². The number of rotatable bonds is 6. The number of alkyl halides is 3. The van der Waals surface area contributed by atoms with Gasteiger partial charge in [0, 0.05) is 5.69 Å². The second-order valence-electron chi connectivity index (χ2n) is 5.35. The summed E-state index contributed by atoms with van der Waals surface area (Å²) in [5, 5.41) is 4.47. The third kappa shape index (κ3) is 5.31. The Bertz CT molecular complexity index is 654. The maximum atomic E-state index is 12.1. The first-order valence-corrected chi connectivity index (χ1v) is 7.29. The van der Waals surface area contributed by atoms with E-state index in [1.807, 2.05) is 18.3 Å². The van der Waals surface area contributed by atoms with Gasteiger partial charge >= 0.3 is 6.36 Å². The molecule has 0 unspecified atom stereocenters. The molecule has 0 bridgehead atoms. The smallest absolute Gasteiger partial charge is 0.463 e. The van der Waals surface area contributed by atoms with Crippen LogP contribution in [0, 0.1) is 0 Å². The van der Waals surface area contributed by atoms with E-state index >= 15 is 0 Å². The van der Waals surface area contributed by atoms with Gasteiger partial charge in [0.2, 0.25) is 0 Å². The lowest BCUT2D eigenvalue weighted by Gasteiger charge is -2.15. The Morgan fingerprint density at radius 3 is 2.42 bits per heavy atom. The number of nitrogens with one attached hydrogen (secondary N) is 1. The minimum Gasteiger partial charge on any atom is -0.463 e. The van der Waals surface area contributed by atoms with Gasteiger partial charge in [-0.05, 0) is 50.2 Å². The van der Waals surface area contributed by atoms with Gasteiger partial charge in [-0.3, -0.25) is 4.79 Å². The topological polar surface area (TPSA) is 68.1 Å². The lowest BCUT2D eigenvalue weighted by Crippen LogP contribution is -2.91. The molecule has 0 aliphatic heterocycles. The van der Waals surface area contributed by atoms with E-state index in [4.69, 9.17) is 4.42 Å². The largest absolute Gasteiger partial charge is 0.573 e. The summed E-state index contributed by atoms with van der Waals surface area (Å²) in [6.07, 6.45) is -3.18. The first-order chi connectivity index (χ1) is 11.2. The van der Waals surface area contributed by atoms with Gasteiger partial charge < -0.3 is 19.8 Å². The van der Waals surface area contributed by atoms with Crippen molar-refractivity contribution in [3.8, 4) is 5.75 Å². The van der Waals surface area contributed by atoms with Crippen molar-refractivity contribution < 1.29 is 32.4 Å². The van der Waals surface area contributed by atoms with Crippen LogP contribution < -0.4 is 15.4 Å². The molecular formula is C16H18F3N2O3+. The number of quaternary nitrogens is 1. The summed E-state index contributed by atoms with van der Waals surface area (Å²) < 4.78 is 45.3. The maximum absolute atomic E-state index is 12.1. The molecule has 2 rings (SSSR count). The van der Waals surface area contributed by atoms with E-state index in [0.29, 0.717) is 5.69 Å². The van der Waals surface area contributed by atoms with Crippen LogP contribution in [-0.4, -0.2) is 18.3 Å². The highest BCUT2D eigenvalue weighted by atomic mass is 19.4. The fraction of sp³-hybridized carbons (Fsp3) is 0.312. The van der Waals surface area contributed by atoms with E-state index in [-0.39, 0.29) is 17.7 Å². The van der Waals surface area contributed by atoms with E-state index in [1.165, 1.54) is 12.1 Å². The number of furan rings is 1. The van der Waals surface area contributed by atoms with Crippen molar-refractivity contribution >= 4 is 11.6 Å². The molecule has 1 aromatic carbocycles. The van der Waals surface area contributed by atoms with Crippen molar-refractivity contribution in [2.45, 2.75) is 32.3 Å². The zero-order valence-electron chi connectivity index (χ0n) is 13.1. The summed E-state index contributed by atoms with van der Waals surface area (Å²) in [6.45, 7) is 3.64. The Morgan fingerprint density at radius 2 is 1.88 bits per heavy atom. The summed E-state index contributed by atoms with van der Waals surface area (Å²) >= 11 is 0.